The van der Waals surface area contributed by atoms with Gasteiger partial charge in [0.2, 0.25) is 0 Å². The number of hydrogen-bond acceptors (Lipinski definition) is 3. The number of nitrogens with zero attached hydrogens (tertiary/aromatic N) is 3. The van der Waals surface area contributed by atoms with Gasteiger partial charge >= 0.3 is 5.69 Å². The first-order valence-electron chi connectivity index (χ1n) is 5.75. The van der Waals surface area contributed by atoms with Crippen LogP contribution in [0.25, 0.3) is 0 Å². The lowest BCUT2D eigenvalue weighted by molar-refractivity contribution is 0.434. The molecule has 0 saturated carbocycles. The van der Waals surface area contributed by atoms with Crippen LogP contribution in [-0.4, -0.2) is 19.7 Å². The van der Waals surface area contributed by atoms with Gasteiger partial charge in [-0.3, -0.25) is 4.57 Å². The summed E-state index contributed by atoms with van der Waals surface area (Å²) in [4.78, 5) is 16.0. The van der Waals surface area contributed by atoms with Gasteiger partial charge < -0.3 is 0 Å². The molecule has 0 bridgehead atoms. The Morgan fingerprint density at radius 2 is 2.11 bits per heavy atom. The maximum Gasteiger partial charge on any atom is 0.343 e. The second kappa shape index (κ2) is 4.81. The van der Waals surface area contributed by atoms with Crippen molar-refractivity contribution in [1.29, 1.82) is 0 Å². The first kappa shape index (κ1) is 13.0. The maximum atomic E-state index is 11.8. The van der Waals surface area contributed by atoms with Crippen LogP contribution >= 0.6 is 34.8 Å². The molecule has 0 amide bonds. The Morgan fingerprint density at radius 1 is 1.32 bits per heavy atom. The Hall–Kier alpha value is -1.04. The molecule has 2 aromatic heterocycles. The third-order valence-electron chi connectivity index (χ3n) is 3.20. The van der Waals surface area contributed by atoms with E-state index in [0.29, 0.717) is 21.6 Å². The highest BCUT2D eigenvalue weighted by Crippen LogP contribution is 2.34. The van der Waals surface area contributed by atoms with Gasteiger partial charge in [-0.15, -0.1) is 0 Å². The van der Waals surface area contributed by atoms with E-state index in [0.717, 1.165) is 19.3 Å². The summed E-state index contributed by atoms with van der Waals surface area (Å²) in [5.41, 5.74) is 0.296. The Kier molecular flexibility index (Phi) is 3.28. The summed E-state index contributed by atoms with van der Waals surface area (Å²) in [5, 5.41) is 7.33. The number of rotatable bonds is 1. The molecule has 0 saturated heterocycles. The van der Waals surface area contributed by atoms with Gasteiger partial charge in [-0.05, 0) is 18.9 Å². The summed E-state index contributed by atoms with van der Waals surface area (Å²) in [6.45, 7) is 0. The van der Waals surface area contributed by atoms with Crippen molar-refractivity contribution in [1.82, 2.24) is 19.7 Å². The van der Waals surface area contributed by atoms with Gasteiger partial charge in [-0.25, -0.2) is 14.9 Å². The maximum absolute atomic E-state index is 11.8. The van der Waals surface area contributed by atoms with Crippen LogP contribution in [0.5, 0.6) is 0 Å². The highest BCUT2D eigenvalue weighted by molar-refractivity contribution is 6.42. The molecule has 1 aliphatic rings. The first-order chi connectivity index (χ1) is 9.08. The number of aromatic nitrogens is 4. The van der Waals surface area contributed by atoms with Crippen molar-refractivity contribution in [3.8, 4) is 0 Å². The normalized spacial score (nSPS) is 18.4. The number of nitrogens with one attached hydrogen (secondary N) is 1. The number of fused-ring (bicyclic) bond motifs is 1. The molecule has 0 radical (unpaired) electrons. The summed E-state index contributed by atoms with van der Waals surface area (Å²) < 4.78 is 1.59. The number of hydrogen-bond donors (Lipinski definition) is 1. The third kappa shape index (κ3) is 2.16. The van der Waals surface area contributed by atoms with Crippen LogP contribution in [0.2, 0.25) is 15.2 Å². The molecular weight excluding hydrogens is 311 g/mol. The van der Waals surface area contributed by atoms with Crippen LogP contribution in [0.3, 0.4) is 0 Å². The number of halogens is 3. The molecule has 100 valence electrons. The molecule has 0 spiro atoms. The van der Waals surface area contributed by atoms with Crippen molar-refractivity contribution in [2.24, 2.45) is 0 Å². The number of aryl methyl sites for hydroxylation is 1. The van der Waals surface area contributed by atoms with E-state index in [-0.39, 0.29) is 16.9 Å². The molecule has 3 rings (SSSR count). The quantitative estimate of drug-likeness (QED) is 0.822. The molecule has 8 heteroatoms. The number of aromatic amines is 1. The Labute approximate surface area is 123 Å². The van der Waals surface area contributed by atoms with Crippen molar-refractivity contribution in [2.75, 3.05) is 0 Å². The molecule has 3 heterocycles. The van der Waals surface area contributed by atoms with Gasteiger partial charge in [0.05, 0.1) is 21.8 Å². The van der Waals surface area contributed by atoms with Gasteiger partial charge in [0.15, 0.2) is 0 Å². The second-order valence-corrected chi connectivity index (χ2v) is 5.52. The van der Waals surface area contributed by atoms with Gasteiger partial charge in [0.1, 0.15) is 11.0 Å². The lowest BCUT2D eigenvalue weighted by Crippen LogP contribution is -2.29. The van der Waals surface area contributed by atoms with Crippen molar-refractivity contribution < 1.29 is 0 Å². The highest BCUT2D eigenvalue weighted by Gasteiger charge is 2.28. The summed E-state index contributed by atoms with van der Waals surface area (Å²) in [7, 11) is 0. The molecule has 1 N–H and O–H groups in total. The van der Waals surface area contributed by atoms with E-state index in [4.69, 9.17) is 34.8 Å². The van der Waals surface area contributed by atoms with Gasteiger partial charge in [0.25, 0.3) is 0 Å². The topological polar surface area (TPSA) is 63.6 Å². The Balaban J connectivity index is 2.16. The van der Waals surface area contributed by atoms with E-state index in [1.54, 1.807) is 10.6 Å². The smallest absolute Gasteiger partial charge is 0.270 e. The molecule has 1 atom stereocenters. The average Bonchev–Trinajstić information content (AvgIpc) is 2.76. The fourth-order valence-corrected chi connectivity index (χ4v) is 3.00. The second-order valence-electron chi connectivity index (χ2n) is 4.35. The number of H-pyrrole nitrogens is 1. The fourth-order valence-electron chi connectivity index (χ4n) is 2.37. The van der Waals surface area contributed by atoms with E-state index in [1.807, 2.05) is 0 Å². The SMILES string of the molecule is O=c1[nH]nc2n1C(c1nc(Cl)c(Cl)cc1Cl)CCC2. The summed E-state index contributed by atoms with van der Waals surface area (Å²) in [6, 6.07) is 1.30. The minimum Gasteiger partial charge on any atom is -0.270 e. The molecule has 5 nitrogen and oxygen atoms in total. The van der Waals surface area contributed by atoms with Crippen molar-refractivity contribution in [3.63, 3.8) is 0 Å². The van der Waals surface area contributed by atoms with Crippen LogP contribution in [0.15, 0.2) is 10.9 Å². The molecule has 19 heavy (non-hydrogen) atoms. The van der Waals surface area contributed by atoms with Gasteiger partial charge in [0, 0.05) is 6.42 Å². The zero-order valence-corrected chi connectivity index (χ0v) is 11.9. The molecule has 1 aliphatic heterocycles. The zero-order chi connectivity index (χ0) is 13.6. The van der Waals surface area contributed by atoms with Crippen LogP contribution in [-0.2, 0) is 6.42 Å². The van der Waals surface area contributed by atoms with Gasteiger partial charge in [-0.1, -0.05) is 34.8 Å². The standard InChI is InChI=1S/C11H9Cl3N4O/c12-5-4-6(13)10(14)15-9(5)7-2-1-3-8-16-17-11(19)18(7)8/h4,7H,1-3H2,(H,17,19). The third-order valence-corrected chi connectivity index (χ3v) is 4.17. The summed E-state index contributed by atoms with van der Waals surface area (Å²) >= 11 is 18.0. The van der Waals surface area contributed by atoms with Crippen LogP contribution in [0.4, 0.5) is 0 Å². The van der Waals surface area contributed by atoms with Crippen molar-refractivity contribution in [3.05, 3.63) is 43.3 Å². The van der Waals surface area contributed by atoms with E-state index in [2.05, 4.69) is 15.2 Å². The van der Waals surface area contributed by atoms with Crippen LogP contribution < -0.4 is 5.69 Å². The lowest BCUT2D eigenvalue weighted by Gasteiger charge is -2.24. The molecule has 0 fully saturated rings. The van der Waals surface area contributed by atoms with Crippen molar-refractivity contribution >= 4 is 34.8 Å². The van der Waals surface area contributed by atoms with E-state index >= 15 is 0 Å². The highest BCUT2D eigenvalue weighted by atomic mass is 35.5. The summed E-state index contributed by atoms with van der Waals surface area (Å²) in [6.07, 6.45) is 2.43. The minimum absolute atomic E-state index is 0.185. The van der Waals surface area contributed by atoms with E-state index in [9.17, 15) is 4.79 Å². The van der Waals surface area contributed by atoms with Crippen molar-refractivity contribution in [2.45, 2.75) is 25.3 Å². The largest absolute Gasteiger partial charge is 0.343 e. The average molecular weight is 320 g/mol. The van der Waals surface area contributed by atoms with Gasteiger partial charge in [-0.2, -0.15) is 5.10 Å². The van der Waals surface area contributed by atoms with E-state index in [1.165, 1.54) is 0 Å². The monoisotopic (exact) mass is 318 g/mol. The minimum atomic E-state index is -0.261. The Bertz CT molecular complexity index is 694. The predicted molar refractivity (Wildman–Crippen MR) is 73.2 cm³/mol. The molecule has 0 aliphatic carbocycles. The summed E-state index contributed by atoms with van der Waals surface area (Å²) in [5.74, 6) is 0.713. The first-order valence-corrected chi connectivity index (χ1v) is 6.88. The molecule has 0 aromatic carbocycles. The molecule has 2 aromatic rings. The predicted octanol–water partition coefficient (Wildman–Crippen LogP) is 2.85. The van der Waals surface area contributed by atoms with Crippen LogP contribution in [0, 0.1) is 0 Å². The lowest BCUT2D eigenvalue weighted by atomic mass is 10.0. The fraction of sp³-hybridized carbons (Fsp3) is 0.364. The van der Waals surface area contributed by atoms with E-state index < -0.39 is 0 Å². The molecule has 1 unspecified atom stereocenters. The number of pyridine rings is 1. The molecular formula is C11H9Cl3N4O. The van der Waals surface area contributed by atoms with Crippen LogP contribution in [0.1, 0.15) is 30.4 Å². The Morgan fingerprint density at radius 3 is 2.89 bits per heavy atom. The zero-order valence-electron chi connectivity index (χ0n) is 9.66.